The van der Waals surface area contributed by atoms with Crippen LogP contribution in [0.4, 0.5) is 5.69 Å². The summed E-state index contributed by atoms with van der Waals surface area (Å²) in [5.41, 5.74) is 7.76. The Morgan fingerprint density at radius 2 is 1.72 bits per heavy atom. The Labute approximate surface area is 114 Å². The van der Waals surface area contributed by atoms with E-state index in [9.17, 15) is 4.79 Å². The van der Waals surface area contributed by atoms with Crippen LogP contribution in [0.3, 0.4) is 0 Å². The number of hydrogen-bond donors (Lipinski definition) is 1. The third kappa shape index (κ3) is 3.08. The van der Waals surface area contributed by atoms with Crippen molar-refractivity contribution in [2.45, 2.75) is 0 Å². The lowest BCUT2D eigenvalue weighted by atomic mass is 10.1. The molecule has 0 saturated heterocycles. The summed E-state index contributed by atoms with van der Waals surface area (Å²) in [5.74, 6) is -0.0870. The molecule has 2 rings (SSSR count). The molecule has 2 nitrogen and oxygen atoms in total. The quantitative estimate of drug-likeness (QED) is 0.530. The van der Waals surface area contributed by atoms with Crippen molar-refractivity contribution in [1.29, 1.82) is 0 Å². The SMILES string of the molecule is Nc1ccccc1C(=O)/C=C\c1ccc(Br)cc1. The number of carbonyl (C=O) groups is 1. The van der Waals surface area contributed by atoms with Crippen molar-refractivity contribution in [2.24, 2.45) is 0 Å². The van der Waals surface area contributed by atoms with Gasteiger partial charge in [0.15, 0.2) is 5.78 Å². The highest BCUT2D eigenvalue weighted by atomic mass is 79.9. The van der Waals surface area contributed by atoms with E-state index in [1.807, 2.05) is 30.3 Å². The second kappa shape index (κ2) is 5.65. The summed E-state index contributed by atoms with van der Waals surface area (Å²) in [4.78, 5) is 11.9. The standard InChI is InChI=1S/C15H12BrNO/c16-12-8-5-11(6-9-12)7-10-15(18)13-3-1-2-4-14(13)17/h1-10H,17H2/b10-7-. The lowest BCUT2D eigenvalue weighted by molar-refractivity contribution is 0.104. The molecular weight excluding hydrogens is 290 g/mol. The molecule has 0 fully saturated rings. The summed E-state index contributed by atoms with van der Waals surface area (Å²) in [6, 6.07) is 14.8. The first-order valence-corrected chi connectivity index (χ1v) is 6.28. The Kier molecular flexibility index (Phi) is 3.95. The predicted molar refractivity (Wildman–Crippen MR) is 78.4 cm³/mol. The van der Waals surface area contributed by atoms with E-state index in [0.717, 1.165) is 10.0 Å². The zero-order valence-electron chi connectivity index (χ0n) is 9.64. The largest absolute Gasteiger partial charge is 0.398 e. The monoisotopic (exact) mass is 301 g/mol. The first-order valence-electron chi connectivity index (χ1n) is 5.49. The van der Waals surface area contributed by atoms with Crippen LogP contribution < -0.4 is 5.73 Å². The molecule has 2 aromatic carbocycles. The highest BCUT2D eigenvalue weighted by molar-refractivity contribution is 9.10. The first kappa shape index (κ1) is 12.6. The molecule has 0 aromatic heterocycles. The molecule has 0 aliphatic rings. The lowest BCUT2D eigenvalue weighted by Crippen LogP contribution is -1.99. The lowest BCUT2D eigenvalue weighted by Gasteiger charge is -2.00. The number of halogens is 1. The minimum atomic E-state index is -0.0870. The molecule has 0 radical (unpaired) electrons. The fourth-order valence-corrected chi connectivity index (χ4v) is 1.82. The van der Waals surface area contributed by atoms with Gasteiger partial charge in [-0.25, -0.2) is 0 Å². The fourth-order valence-electron chi connectivity index (χ4n) is 1.56. The Bertz CT molecular complexity index is 588. The zero-order chi connectivity index (χ0) is 13.0. The molecule has 0 atom stereocenters. The summed E-state index contributed by atoms with van der Waals surface area (Å²) in [6.07, 6.45) is 3.32. The molecule has 0 heterocycles. The number of ketones is 1. The van der Waals surface area contributed by atoms with Crippen molar-refractivity contribution in [3.05, 3.63) is 70.2 Å². The van der Waals surface area contributed by atoms with E-state index in [4.69, 9.17) is 5.73 Å². The molecule has 0 saturated carbocycles. The van der Waals surface area contributed by atoms with Gasteiger partial charge in [0.25, 0.3) is 0 Å². The van der Waals surface area contributed by atoms with Crippen LogP contribution in [0.15, 0.2) is 59.1 Å². The van der Waals surface area contributed by atoms with E-state index in [1.54, 1.807) is 24.3 Å². The maximum absolute atomic E-state index is 11.9. The number of rotatable bonds is 3. The molecule has 0 amide bonds. The molecule has 3 heteroatoms. The topological polar surface area (TPSA) is 43.1 Å². The van der Waals surface area contributed by atoms with Gasteiger partial charge in [-0.05, 0) is 35.9 Å². The van der Waals surface area contributed by atoms with E-state index in [0.29, 0.717) is 11.3 Å². The van der Waals surface area contributed by atoms with E-state index >= 15 is 0 Å². The summed E-state index contributed by atoms with van der Waals surface area (Å²) in [5, 5.41) is 0. The highest BCUT2D eigenvalue weighted by Crippen LogP contribution is 2.14. The Balaban J connectivity index is 2.17. The van der Waals surface area contributed by atoms with Crippen molar-refractivity contribution >= 4 is 33.5 Å². The van der Waals surface area contributed by atoms with Gasteiger partial charge in [0.2, 0.25) is 0 Å². The van der Waals surface area contributed by atoms with Gasteiger partial charge in [0.1, 0.15) is 0 Å². The number of para-hydroxylation sites is 1. The summed E-state index contributed by atoms with van der Waals surface area (Å²) >= 11 is 3.36. The second-order valence-electron chi connectivity index (χ2n) is 3.84. The molecule has 2 aromatic rings. The van der Waals surface area contributed by atoms with Crippen LogP contribution in [-0.2, 0) is 0 Å². The summed E-state index contributed by atoms with van der Waals surface area (Å²) in [7, 11) is 0. The minimum Gasteiger partial charge on any atom is -0.398 e. The van der Waals surface area contributed by atoms with Gasteiger partial charge < -0.3 is 5.73 Å². The van der Waals surface area contributed by atoms with Crippen LogP contribution in [0.5, 0.6) is 0 Å². The summed E-state index contributed by atoms with van der Waals surface area (Å²) < 4.78 is 1.01. The van der Waals surface area contributed by atoms with Crippen LogP contribution >= 0.6 is 15.9 Å². The molecular formula is C15H12BrNO. The molecule has 18 heavy (non-hydrogen) atoms. The van der Waals surface area contributed by atoms with Crippen molar-refractivity contribution in [1.82, 2.24) is 0 Å². The summed E-state index contributed by atoms with van der Waals surface area (Å²) in [6.45, 7) is 0. The van der Waals surface area contributed by atoms with Gasteiger partial charge in [-0.15, -0.1) is 0 Å². The number of nitrogens with two attached hydrogens (primary N) is 1. The van der Waals surface area contributed by atoms with Crippen LogP contribution in [-0.4, -0.2) is 5.78 Å². The van der Waals surface area contributed by atoms with Crippen molar-refractivity contribution < 1.29 is 4.79 Å². The maximum Gasteiger partial charge on any atom is 0.187 e. The molecule has 2 N–H and O–H groups in total. The van der Waals surface area contributed by atoms with Crippen LogP contribution in [0, 0.1) is 0 Å². The fraction of sp³-hybridized carbons (Fsp3) is 0. The maximum atomic E-state index is 11.9. The molecule has 0 aliphatic carbocycles. The number of allylic oxidation sites excluding steroid dienone is 1. The van der Waals surface area contributed by atoms with Crippen molar-refractivity contribution in [2.75, 3.05) is 5.73 Å². The van der Waals surface area contributed by atoms with Crippen LogP contribution in [0.25, 0.3) is 6.08 Å². The van der Waals surface area contributed by atoms with E-state index in [2.05, 4.69) is 15.9 Å². The number of hydrogen-bond acceptors (Lipinski definition) is 2. The first-order chi connectivity index (χ1) is 8.66. The van der Waals surface area contributed by atoms with Gasteiger partial charge in [0.05, 0.1) is 0 Å². The Hall–Kier alpha value is -1.87. The molecule has 0 bridgehead atoms. The Morgan fingerprint density at radius 1 is 1.06 bits per heavy atom. The molecule has 0 aliphatic heterocycles. The smallest absolute Gasteiger partial charge is 0.187 e. The average Bonchev–Trinajstić information content (AvgIpc) is 2.38. The van der Waals surface area contributed by atoms with Gasteiger partial charge >= 0.3 is 0 Å². The number of nitrogen functional groups attached to an aromatic ring is 1. The van der Waals surface area contributed by atoms with Crippen molar-refractivity contribution in [3.8, 4) is 0 Å². The van der Waals surface area contributed by atoms with Gasteiger partial charge in [-0.3, -0.25) is 4.79 Å². The van der Waals surface area contributed by atoms with E-state index in [-0.39, 0.29) is 5.78 Å². The predicted octanol–water partition coefficient (Wildman–Crippen LogP) is 3.93. The third-order valence-corrected chi connectivity index (χ3v) is 3.05. The normalized spacial score (nSPS) is 10.7. The minimum absolute atomic E-state index is 0.0870. The van der Waals surface area contributed by atoms with Gasteiger partial charge in [-0.2, -0.15) is 0 Å². The van der Waals surface area contributed by atoms with E-state index < -0.39 is 0 Å². The van der Waals surface area contributed by atoms with Gasteiger partial charge in [0, 0.05) is 15.7 Å². The third-order valence-electron chi connectivity index (χ3n) is 2.52. The highest BCUT2D eigenvalue weighted by Gasteiger charge is 2.04. The second-order valence-corrected chi connectivity index (χ2v) is 4.75. The number of benzene rings is 2. The van der Waals surface area contributed by atoms with Crippen molar-refractivity contribution in [3.63, 3.8) is 0 Å². The molecule has 0 spiro atoms. The molecule has 0 unspecified atom stereocenters. The average molecular weight is 302 g/mol. The number of carbonyl (C=O) groups excluding carboxylic acids is 1. The number of anilines is 1. The molecule has 90 valence electrons. The van der Waals surface area contributed by atoms with Crippen LogP contribution in [0.1, 0.15) is 15.9 Å². The Morgan fingerprint density at radius 3 is 2.39 bits per heavy atom. The van der Waals surface area contributed by atoms with E-state index in [1.165, 1.54) is 6.08 Å². The zero-order valence-corrected chi connectivity index (χ0v) is 11.2. The van der Waals surface area contributed by atoms with Gasteiger partial charge in [-0.1, -0.05) is 46.3 Å². The van der Waals surface area contributed by atoms with Crippen LogP contribution in [0.2, 0.25) is 0 Å².